The standard InChI is InChI=1S/C13H14F2N4O/c1-2-8-7-11(19-16)18-12(17-8)9-5-3-4-6-10(9)20-13(14)15/h3-7,13H,2,16H2,1H3,(H,17,18,19). The van der Waals surface area contributed by atoms with Crippen LogP contribution >= 0.6 is 0 Å². The second-order valence-corrected chi connectivity index (χ2v) is 3.94. The Morgan fingerprint density at radius 2 is 2.05 bits per heavy atom. The van der Waals surface area contributed by atoms with Crippen molar-refractivity contribution in [2.75, 3.05) is 5.43 Å². The van der Waals surface area contributed by atoms with Gasteiger partial charge in [-0.25, -0.2) is 15.8 Å². The average Bonchev–Trinajstić information content (AvgIpc) is 2.46. The number of para-hydroxylation sites is 1. The Morgan fingerprint density at radius 1 is 1.30 bits per heavy atom. The SMILES string of the molecule is CCc1cc(NN)nc(-c2ccccc2OC(F)F)n1. The van der Waals surface area contributed by atoms with Gasteiger partial charge in [0.25, 0.3) is 0 Å². The van der Waals surface area contributed by atoms with Crippen LogP contribution in [0.5, 0.6) is 5.75 Å². The summed E-state index contributed by atoms with van der Waals surface area (Å²) in [6, 6.07) is 8.06. The van der Waals surface area contributed by atoms with Gasteiger partial charge in [-0.3, -0.25) is 0 Å². The van der Waals surface area contributed by atoms with E-state index in [4.69, 9.17) is 5.84 Å². The number of hydrogen-bond donors (Lipinski definition) is 2. The molecule has 0 unspecified atom stereocenters. The summed E-state index contributed by atoms with van der Waals surface area (Å²) in [7, 11) is 0. The number of aryl methyl sites for hydroxylation is 1. The molecule has 0 fully saturated rings. The minimum atomic E-state index is -2.90. The van der Waals surface area contributed by atoms with Gasteiger partial charge in [0.1, 0.15) is 11.6 Å². The first-order valence-corrected chi connectivity index (χ1v) is 6.02. The molecule has 2 aromatic rings. The lowest BCUT2D eigenvalue weighted by molar-refractivity contribution is -0.0494. The number of halogens is 2. The highest BCUT2D eigenvalue weighted by Gasteiger charge is 2.14. The number of ether oxygens (including phenoxy) is 1. The number of hydrazine groups is 1. The van der Waals surface area contributed by atoms with Crippen molar-refractivity contribution in [3.05, 3.63) is 36.0 Å². The first kappa shape index (κ1) is 14.1. The van der Waals surface area contributed by atoms with Crippen molar-refractivity contribution in [2.45, 2.75) is 20.0 Å². The Bertz CT molecular complexity index is 570. The third-order valence-corrected chi connectivity index (χ3v) is 2.63. The molecule has 2 rings (SSSR count). The van der Waals surface area contributed by atoms with Gasteiger partial charge in [0.2, 0.25) is 0 Å². The Hall–Kier alpha value is -2.28. The van der Waals surface area contributed by atoms with E-state index >= 15 is 0 Å². The van der Waals surface area contributed by atoms with Crippen LogP contribution in [0.3, 0.4) is 0 Å². The van der Waals surface area contributed by atoms with Gasteiger partial charge in [-0.05, 0) is 18.6 Å². The van der Waals surface area contributed by atoms with Gasteiger partial charge in [-0.2, -0.15) is 8.78 Å². The second kappa shape index (κ2) is 6.25. The number of alkyl halides is 2. The molecule has 3 N–H and O–H groups in total. The molecule has 1 aromatic heterocycles. The zero-order chi connectivity index (χ0) is 14.5. The number of aromatic nitrogens is 2. The Labute approximate surface area is 114 Å². The molecule has 0 aliphatic heterocycles. The molecular weight excluding hydrogens is 266 g/mol. The summed E-state index contributed by atoms with van der Waals surface area (Å²) in [5.41, 5.74) is 3.57. The highest BCUT2D eigenvalue weighted by atomic mass is 19.3. The quantitative estimate of drug-likeness (QED) is 0.650. The van der Waals surface area contributed by atoms with Crippen molar-refractivity contribution in [1.82, 2.24) is 9.97 Å². The second-order valence-electron chi connectivity index (χ2n) is 3.94. The molecule has 0 saturated carbocycles. The van der Waals surface area contributed by atoms with Crippen LogP contribution in [0.4, 0.5) is 14.6 Å². The molecule has 20 heavy (non-hydrogen) atoms. The third-order valence-electron chi connectivity index (χ3n) is 2.63. The average molecular weight is 280 g/mol. The van der Waals surface area contributed by atoms with E-state index in [0.29, 0.717) is 17.8 Å². The van der Waals surface area contributed by atoms with Crippen molar-refractivity contribution in [1.29, 1.82) is 0 Å². The molecule has 106 valence electrons. The fourth-order valence-corrected chi connectivity index (χ4v) is 1.72. The molecular formula is C13H14F2N4O. The molecule has 0 spiro atoms. The maximum absolute atomic E-state index is 12.4. The molecule has 1 heterocycles. The summed E-state index contributed by atoms with van der Waals surface area (Å²) >= 11 is 0. The van der Waals surface area contributed by atoms with Gasteiger partial charge in [-0.15, -0.1) is 0 Å². The molecule has 0 aliphatic carbocycles. The van der Waals surface area contributed by atoms with E-state index in [1.807, 2.05) is 6.92 Å². The van der Waals surface area contributed by atoms with Crippen LogP contribution in [0.25, 0.3) is 11.4 Å². The van der Waals surface area contributed by atoms with E-state index in [9.17, 15) is 8.78 Å². The van der Waals surface area contributed by atoms with Crippen LogP contribution in [0.2, 0.25) is 0 Å². The van der Waals surface area contributed by atoms with Crippen LogP contribution < -0.4 is 16.0 Å². The van der Waals surface area contributed by atoms with Crippen molar-refractivity contribution < 1.29 is 13.5 Å². The van der Waals surface area contributed by atoms with E-state index in [0.717, 1.165) is 5.69 Å². The molecule has 1 aromatic carbocycles. The Kier molecular flexibility index (Phi) is 4.41. The normalized spacial score (nSPS) is 10.7. The minimum absolute atomic E-state index is 0.0266. The van der Waals surface area contributed by atoms with Crippen LogP contribution in [-0.2, 0) is 6.42 Å². The monoisotopic (exact) mass is 280 g/mol. The Morgan fingerprint density at radius 3 is 2.70 bits per heavy atom. The van der Waals surface area contributed by atoms with Gasteiger partial charge in [0.15, 0.2) is 5.82 Å². The zero-order valence-corrected chi connectivity index (χ0v) is 10.8. The number of anilines is 1. The largest absolute Gasteiger partial charge is 0.434 e. The summed E-state index contributed by atoms with van der Waals surface area (Å²) in [6.45, 7) is -0.980. The van der Waals surface area contributed by atoms with E-state index in [2.05, 4.69) is 20.1 Å². The number of rotatable bonds is 5. The molecule has 7 heteroatoms. The highest BCUT2D eigenvalue weighted by molar-refractivity contribution is 5.65. The molecule has 0 amide bonds. The molecule has 5 nitrogen and oxygen atoms in total. The van der Waals surface area contributed by atoms with Crippen molar-refractivity contribution >= 4 is 5.82 Å². The molecule has 0 atom stereocenters. The fourth-order valence-electron chi connectivity index (χ4n) is 1.72. The summed E-state index contributed by atoms with van der Waals surface area (Å²) in [6.07, 6.45) is 0.669. The summed E-state index contributed by atoms with van der Waals surface area (Å²) in [4.78, 5) is 8.47. The zero-order valence-electron chi connectivity index (χ0n) is 10.8. The van der Waals surface area contributed by atoms with Gasteiger partial charge >= 0.3 is 6.61 Å². The lowest BCUT2D eigenvalue weighted by atomic mass is 10.2. The van der Waals surface area contributed by atoms with Gasteiger partial charge < -0.3 is 10.2 Å². The van der Waals surface area contributed by atoms with E-state index < -0.39 is 6.61 Å². The predicted octanol–water partition coefficient (Wildman–Crippen LogP) is 2.59. The number of nitrogen functional groups attached to an aromatic ring is 1. The maximum Gasteiger partial charge on any atom is 0.387 e. The van der Waals surface area contributed by atoms with E-state index in [-0.39, 0.29) is 11.6 Å². The third kappa shape index (κ3) is 3.18. The van der Waals surface area contributed by atoms with Crippen molar-refractivity contribution in [2.24, 2.45) is 5.84 Å². The van der Waals surface area contributed by atoms with Crippen LogP contribution in [-0.4, -0.2) is 16.6 Å². The summed E-state index contributed by atoms with van der Waals surface area (Å²) in [5, 5.41) is 0. The van der Waals surface area contributed by atoms with Crippen LogP contribution in [0, 0.1) is 0 Å². The topological polar surface area (TPSA) is 73.1 Å². The molecule has 0 saturated heterocycles. The smallest absolute Gasteiger partial charge is 0.387 e. The molecule has 0 aliphatic rings. The lowest BCUT2D eigenvalue weighted by Crippen LogP contribution is -2.11. The number of nitrogens with two attached hydrogens (primary N) is 1. The fraction of sp³-hybridized carbons (Fsp3) is 0.231. The molecule has 0 radical (unpaired) electrons. The number of nitrogens with zero attached hydrogens (tertiary/aromatic N) is 2. The first-order chi connectivity index (χ1) is 9.63. The number of hydrogen-bond acceptors (Lipinski definition) is 5. The van der Waals surface area contributed by atoms with Crippen molar-refractivity contribution in [3.63, 3.8) is 0 Å². The summed E-state index contributed by atoms with van der Waals surface area (Å²) < 4.78 is 29.3. The number of nitrogens with one attached hydrogen (secondary N) is 1. The Balaban J connectivity index is 2.50. The van der Waals surface area contributed by atoms with Gasteiger partial charge in [0.05, 0.1) is 5.56 Å². The van der Waals surface area contributed by atoms with Crippen LogP contribution in [0.1, 0.15) is 12.6 Å². The van der Waals surface area contributed by atoms with Crippen LogP contribution in [0.15, 0.2) is 30.3 Å². The molecule has 0 bridgehead atoms. The number of benzene rings is 1. The lowest BCUT2D eigenvalue weighted by Gasteiger charge is -2.11. The maximum atomic E-state index is 12.4. The minimum Gasteiger partial charge on any atom is -0.434 e. The van der Waals surface area contributed by atoms with Gasteiger partial charge in [-0.1, -0.05) is 19.1 Å². The van der Waals surface area contributed by atoms with Crippen molar-refractivity contribution in [3.8, 4) is 17.1 Å². The van der Waals surface area contributed by atoms with Gasteiger partial charge in [0, 0.05) is 11.8 Å². The summed E-state index contributed by atoms with van der Waals surface area (Å²) in [5.74, 6) is 6.08. The first-order valence-electron chi connectivity index (χ1n) is 6.02. The predicted molar refractivity (Wildman–Crippen MR) is 71.3 cm³/mol. The highest BCUT2D eigenvalue weighted by Crippen LogP contribution is 2.29. The van der Waals surface area contributed by atoms with E-state index in [1.54, 1.807) is 24.3 Å². The van der Waals surface area contributed by atoms with E-state index in [1.165, 1.54) is 6.07 Å².